The van der Waals surface area contributed by atoms with E-state index in [-0.39, 0.29) is 23.5 Å². The molecule has 0 aromatic heterocycles. The van der Waals surface area contributed by atoms with E-state index >= 15 is 0 Å². The summed E-state index contributed by atoms with van der Waals surface area (Å²) < 4.78 is 39.5. The Morgan fingerprint density at radius 2 is 1.78 bits per heavy atom. The maximum atomic E-state index is 13.4. The molecule has 0 heterocycles. The lowest BCUT2D eigenvalue weighted by Gasteiger charge is -2.10. The molecular formula is C13H11F3N2. The number of nitrogens with two attached hydrogens (primary N) is 1. The SMILES string of the molecule is Nc1cccc(F)c1NCc1ccc(F)cc1F. The van der Waals surface area contributed by atoms with E-state index in [0.717, 1.165) is 12.1 Å². The second-order valence-electron chi connectivity index (χ2n) is 3.79. The Morgan fingerprint density at radius 1 is 1.00 bits per heavy atom. The van der Waals surface area contributed by atoms with E-state index < -0.39 is 17.5 Å². The largest absolute Gasteiger partial charge is 0.397 e. The predicted octanol–water partition coefficient (Wildman–Crippen LogP) is 3.30. The Kier molecular flexibility index (Phi) is 3.41. The van der Waals surface area contributed by atoms with Crippen molar-refractivity contribution < 1.29 is 13.2 Å². The highest BCUT2D eigenvalue weighted by Crippen LogP contribution is 2.22. The summed E-state index contributed by atoms with van der Waals surface area (Å²) in [5, 5.41) is 2.70. The summed E-state index contributed by atoms with van der Waals surface area (Å²) in [6, 6.07) is 7.49. The van der Waals surface area contributed by atoms with E-state index in [2.05, 4.69) is 5.32 Å². The summed E-state index contributed by atoms with van der Waals surface area (Å²) in [7, 11) is 0. The van der Waals surface area contributed by atoms with Gasteiger partial charge in [-0.05, 0) is 18.2 Å². The molecule has 0 saturated heterocycles. The standard InChI is InChI=1S/C13H11F3N2/c14-9-5-4-8(11(16)6-9)7-18-13-10(15)2-1-3-12(13)17/h1-6,18H,7,17H2. The number of hydrogen-bond donors (Lipinski definition) is 2. The fourth-order valence-electron chi connectivity index (χ4n) is 1.58. The van der Waals surface area contributed by atoms with Gasteiger partial charge >= 0.3 is 0 Å². The molecule has 0 radical (unpaired) electrons. The summed E-state index contributed by atoms with van der Waals surface area (Å²) in [5.74, 6) is -1.85. The monoisotopic (exact) mass is 252 g/mol. The van der Waals surface area contributed by atoms with Crippen LogP contribution in [0.3, 0.4) is 0 Å². The Hall–Kier alpha value is -2.17. The zero-order valence-corrected chi connectivity index (χ0v) is 9.38. The first-order chi connectivity index (χ1) is 8.58. The van der Waals surface area contributed by atoms with Crippen LogP contribution < -0.4 is 11.1 Å². The summed E-state index contributed by atoms with van der Waals surface area (Å²) >= 11 is 0. The van der Waals surface area contributed by atoms with Gasteiger partial charge in [-0.15, -0.1) is 0 Å². The van der Waals surface area contributed by atoms with Crippen LogP contribution in [0.5, 0.6) is 0 Å². The molecule has 2 nitrogen and oxygen atoms in total. The van der Waals surface area contributed by atoms with Crippen LogP contribution in [0.1, 0.15) is 5.56 Å². The van der Waals surface area contributed by atoms with Crippen molar-refractivity contribution in [1.82, 2.24) is 0 Å². The fraction of sp³-hybridized carbons (Fsp3) is 0.0769. The average molecular weight is 252 g/mol. The van der Waals surface area contributed by atoms with Crippen molar-refractivity contribution in [3.05, 3.63) is 59.4 Å². The van der Waals surface area contributed by atoms with Crippen LogP contribution in [0.25, 0.3) is 0 Å². The number of hydrogen-bond acceptors (Lipinski definition) is 2. The molecule has 94 valence electrons. The second-order valence-corrected chi connectivity index (χ2v) is 3.79. The maximum absolute atomic E-state index is 13.4. The molecule has 0 amide bonds. The molecule has 5 heteroatoms. The lowest BCUT2D eigenvalue weighted by atomic mass is 10.2. The Labute approximate surface area is 102 Å². The Balaban J connectivity index is 2.16. The van der Waals surface area contributed by atoms with Crippen LogP contribution >= 0.6 is 0 Å². The van der Waals surface area contributed by atoms with Crippen molar-refractivity contribution in [2.75, 3.05) is 11.1 Å². The van der Waals surface area contributed by atoms with Gasteiger partial charge in [-0.1, -0.05) is 12.1 Å². The van der Waals surface area contributed by atoms with Crippen LogP contribution in [0.15, 0.2) is 36.4 Å². The smallest absolute Gasteiger partial charge is 0.148 e. The van der Waals surface area contributed by atoms with Gasteiger partial charge in [0.25, 0.3) is 0 Å². The van der Waals surface area contributed by atoms with Crippen LogP contribution in [0, 0.1) is 17.5 Å². The Bertz CT molecular complexity index is 550. The van der Waals surface area contributed by atoms with Crippen LogP contribution in [-0.4, -0.2) is 0 Å². The molecular weight excluding hydrogens is 241 g/mol. The van der Waals surface area contributed by atoms with Gasteiger partial charge < -0.3 is 11.1 Å². The molecule has 0 unspecified atom stereocenters. The first-order valence-electron chi connectivity index (χ1n) is 5.29. The number of nitrogen functional groups attached to an aromatic ring is 1. The number of nitrogens with one attached hydrogen (secondary N) is 1. The minimum Gasteiger partial charge on any atom is -0.397 e. The van der Waals surface area contributed by atoms with Crippen molar-refractivity contribution in [3.8, 4) is 0 Å². The van der Waals surface area contributed by atoms with E-state index in [9.17, 15) is 13.2 Å². The average Bonchev–Trinajstić information content (AvgIpc) is 2.31. The van der Waals surface area contributed by atoms with Gasteiger partial charge in [-0.2, -0.15) is 0 Å². The van der Waals surface area contributed by atoms with Gasteiger partial charge in [-0.25, -0.2) is 13.2 Å². The number of para-hydroxylation sites is 1. The third-order valence-corrected chi connectivity index (χ3v) is 2.52. The Morgan fingerprint density at radius 3 is 2.44 bits per heavy atom. The number of halogens is 3. The van der Waals surface area contributed by atoms with Crippen molar-refractivity contribution >= 4 is 11.4 Å². The molecule has 2 aromatic carbocycles. The van der Waals surface area contributed by atoms with Gasteiger partial charge in [0, 0.05) is 18.2 Å². The second kappa shape index (κ2) is 5.00. The summed E-state index contributed by atoms with van der Waals surface area (Å²) in [6.45, 7) is 0.0250. The normalized spacial score (nSPS) is 10.4. The molecule has 3 N–H and O–H groups in total. The number of benzene rings is 2. The highest BCUT2D eigenvalue weighted by Gasteiger charge is 2.08. The molecule has 0 atom stereocenters. The fourth-order valence-corrected chi connectivity index (χ4v) is 1.58. The third kappa shape index (κ3) is 2.56. The summed E-state index contributed by atoms with van der Waals surface area (Å²) in [5.41, 5.74) is 6.17. The lowest BCUT2D eigenvalue weighted by Crippen LogP contribution is -2.06. The molecule has 2 rings (SSSR count). The van der Waals surface area contributed by atoms with Crippen LogP contribution in [-0.2, 0) is 6.54 Å². The summed E-state index contributed by atoms with van der Waals surface area (Å²) in [6.07, 6.45) is 0. The molecule has 0 aliphatic carbocycles. The number of anilines is 2. The van der Waals surface area contributed by atoms with Crippen LogP contribution in [0.4, 0.5) is 24.5 Å². The topological polar surface area (TPSA) is 38.0 Å². The van der Waals surface area contributed by atoms with E-state index in [1.54, 1.807) is 0 Å². The molecule has 0 fully saturated rings. The highest BCUT2D eigenvalue weighted by atomic mass is 19.1. The van der Waals surface area contributed by atoms with Gasteiger partial charge in [0.1, 0.15) is 17.5 Å². The predicted molar refractivity (Wildman–Crippen MR) is 64.5 cm³/mol. The molecule has 0 aliphatic rings. The quantitative estimate of drug-likeness (QED) is 0.822. The lowest BCUT2D eigenvalue weighted by molar-refractivity contribution is 0.573. The van der Waals surface area contributed by atoms with Gasteiger partial charge in [0.2, 0.25) is 0 Å². The van der Waals surface area contributed by atoms with Crippen LogP contribution in [0.2, 0.25) is 0 Å². The first-order valence-corrected chi connectivity index (χ1v) is 5.29. The first kappa shape index (κ1) is 12.3. The highest BCUT2D eigenvalue weighted by molar-refractivity contribution is 5.66. The summed E-state index contributed by atoms with van der Waals surface area (Å²) in [4.78, 5) is 0. The van der Waals surface area contributed by atoms with Crippen molar-refractivity contribution in [3.63, 3.8) is 0 Å². The zero-order valence-electron chi connectivity index (χ0n) is 9.38. The third-order valence-electron chi connectivity index (χ3n) is 2.52. The molecule has 0 spiro atoms. The minimum absolute atomic E-state index is 0.0250. The van der Waals surface area contributed by atoms with Gasteiger partial charge in [-0.3, -0.25) is 0 Å². The molecule has 0 bridgehead atoms. The van der Waals surface area contributed by atoms with E-state index in [0.29, 0.717) is 0 Å². The van der Waals surface area contributed by atoms with Crippen molar-refractivity contribution in [2.24, 2.45) is 0 Å². The van der Waals surface area contributed by atoms with E-state index in [1.165, 1.54) is 24.3 Å². The molecule has 0 aliphatic heterocycles. The van der Waals surface area contributed by atoms with E-state index in [4.69, 9.17) is 5.73 Å². The molecule has 2 aromatic rings. The van der Waals surface area contributed by atoms with Gasteiger partial charge in [0.15, 0.2) is 0 Å². The minimum atomic E-state index is -0.683. The molecule has 0 saturated carbocycles. The number of rotatable bonds is 3. The zero-order chi connectivity index (χ0) is 13.1. The van der Waals surface area contributed by atoms with E-state index in [1.807, 2.05) is 0 Å². The van der Waals surface area contributed by atoms with Gasteiger partial charge in [0.05, 0.1) is 11.4 Å². The van der Waals surface area contributed by atoms with Crippen molar-refractivity contribution in [1.29, 1.82) is 0 Å². The van der Waals surface area contributed by atoms with Crippen molar-refractivity contribution in [2.45, 2.75) is 6.54 Å². The maximum Gasteiger partial charge on any atom is 0.148 e. The molecule has 18 heavy (non-hydrogen) atoms.